The van der Waals surface area contributed by atoms with Crippen LogP contribution in [0.4, 0.5) is 0 Å². The predicted molar refractivity (Wildman–Crippen MR) is 82.7 cm³/mol. The number of benzene rings is 1. The Morgan fingerprint density at radius 1 is 1.15 bits per heavy atom. The Bertz CT molecular complexity index is 559. The van der Waals surface area contributed by atoms with Crippen LogP contribution in [0.15, 0.2) is 12.1 Å². The van der Waals surface area contributed by atoms with E-state index in [-0.39, 0.29) is 17.5 Å². The second-order valence-electron chi connectivity index (χ2n) is 5.75. The molecule has 1 heterocycles. The van der Waals surface area contributed by atoms with Gasteiger partial charge in [0.1, 0.15) is 0 Å². The summed E-state index contributed by atoms with van der Waals surface area (Å²) >= 11 is 0. The summed E-state index contributed by atoms with van der Waals surface area (Å²) in [6.45, 7) is 7.99. The molecule has 1 aromatic rings. The average molecular weight is 296 g/mol. The summed E-state index contributed by atoms with van der Waals surface area (Å²) < 4.78 is 23.1. The van der Waals surface area contributed by atoms with Gasteiger partial charge in [0.2, 0.25) is 0 Å². The Hall–Kier alpha value is -0.910. The zero-order chi connectivity index (χ0) is 14.9. The Balaban J connectivity index is 2.30. The highest BCUT2D eigenvalue weighted by Gasteiger charge is 2.28. The fourth-order valence-corrected chi connectivity index (χ4v) is 4.43. The van der Waals surface area contributed by atoms with Crippen molar-refractivity contribution in [1.29, 1.82) is 0 Å². The Kier molecular flexibility index (Phi) is 4.52. The summed E-state index contributed by atoms with van der Waals surface area (Å²) in [5.41, 5.74) is 11.0. The van der Waals surface area contributed by atoms with Crippen LogP contribution in [0.5, 0.6) is 0 Å². The summed E-state index contributed by atoms with van der Waals surface area (Å²) in [6, 6.07) is 4.46. The maximum absolute atomic E-state index is 11.6. The molecule has 2 N–H and O–H groups in total. The van der Waals surface area contributed by atoms with E-state index < -0.39 is 9.84 Å². The van der Waals surface area contributed by atoms with E-state index in [9.17, 15) is 8.42 Å². The van der Waals surface area contributed by atoms with Crippen LogP contribution in [0.2, 0.25) is 0 Å². The Morgan fingerprint density at radius 2 is 1.65 bits per heavy atom. The van der Waals surface area contributed by atoms with Crippen molar-refractivity contribution in [3.8, 4) is 0 Å². The number of nitrogens with zero attached hydrogens (tertiary/aromatic N) is 1. The van der Waals surface area contributed by atoms with Gasteiger partial charge >= 0.3 is 0 Å². The van der Waals surface area contributed by atoms with Gasteiger partial charge < -0.3 is 5.73 Å². The molecule has 20 heavy (non-hydrogen) atoms. The van der Waals surface area contributed by atoms with E-state index in [0.717, 1.165) is 0 Å². The SMILES string of the molecule is Cc1cc(C)c(C(CN)N2CCS(=O)(=O)CC2)c(C)c1. The summed E-state index contributed by atoms with van der Waals surface area (Å²) in [4.78, 5) is 2.21. The molecule has 1 aliphatic rings. The molecule has 0 radical (unpaired) electrons. The van der Waals surface area contributed by atoms with Crippen LogP contribution in [0, 0.1) is 20.8 Å². The highest BCUT2D eigenvalue weighted by molar-refractivity contribution is 7.91. The molecule has 1 fully saturated rings. The number of rotatable bonds is 3. The molecule has 5 heteroatoms. The van der Waals surface area contributed by atoms with E-state index in [4.69, 9.17) is 5.73 Å². The van der Waals surface area contributed by atoms with Crippen LogP contribution in [0.25, 0.3) is 0 Å². The largest absolute Gasteiger partial charge is 0.329 e. The van der Waals surface area contributed by atoms with Crippen molar-refractivity contribution in [3.05, 3.63) is 34.4 Å². The van der Waals surface area contributed by atoms with Crippen molar-refractivity contribution in [2.45, 2.75) is 26.8 Å². The summed E-state index contributed by atoms with van der Waals surface area (Å²) in [7, 11) is -2.85. The first kappa shape index (κ1) is 15.5. The molecule has 1 aliphatic heterocycles. The monoisotopic (exact) mass is 296 g/mol. The Labute approximate surface area is 121 Å². The minimum absolute atomic E-state index is 0.117. The van der Waals surface area contributed by atoms with E-state index in [1.165, 1.54) is 22.3 Å². The quantitative estimate of drug-likeness (QED) is 0.914. The molecule has 0 amide bonds. The summed E-state index contributed by atoms with van der Waals surface area (Å²) in [5, 5.41) is 0. The normalized spacial score (nSPS) is 20.8. The van der Waals surface area contributed by atoms with Crippen LogP contribution in [0.1, 0.15) is 28.3 Å². The molecule has 112 valence electrons. The van der Waals surface area contributed by atoms with Gasteiger partial charge in [-0.25, -0.2) is 8.42 Å². The summed E-state index contributed by atoms with van der Waals surface area (Å²) in [5.74, 6) is 0.487. The molecule has 0 aromatic heterocycles. The van der Waals surface area contributed by atoms with Crippen molar-refractivity contribution in [1.82, 2.24) is 4.90 Å². The van der Waals surface area contributed by atoms with E-state index in [0.29, 0.717) is 19.6 Å². The lowest BCUT2D eigenvalue weighted by molar-refractivity contribution is 0.217. The molecule has 0 spiro atoms. The molecule has 2 rings (SSSR count). The molecule has 0 bridgehead atoms. The zero-order valence-electron chi connectivity index (χ0n) is 12.5. The van der Waals surface area contributed by atoms with E-state index >= 15 is 0 Å². The lowest BCUT2D eigenvalue weighted by atomic mass is 9.93. The highest BCUT2D eigenvalue weighted by Crippen LogP contribution is 2.28. The lowest BCUT2D eigenvalue weighted by Crippen LogP contribution is -2.44. The van der Waals surface area contributed by atoms with E-state index in [2.05, 4.69) is 37.8 Å². The van der Waals surface area contributed by atoms with Crippen LogP contribution in [-0.2, 0) is 9.84 Å². The lowest BCUT2D eigenvalue weighted by Gasteiger charge is -2.35. The predicted octanol–water partition coefficient (Wildman–Crippen LogP) is 1.34. The number of aryl methyl sites for hydroxylation is 3. The van der Waals surface area contributed by atoms with Crippen molar-refractivity contribution in [2.24, 2.45) is 5.73 Å². The third-order valence-corrected chi connectivity index (χ3v) is 5.72. The average Bonchev–Trinajstić information content (AvgIpc) is 2.34. The van der Waals surface area contributed by atoms with Gasteiger partial charge in [-0.2, -0.15) is 0 Å². The molecule has 1 aromatic carbocycles. The molecule has 0 saturated carbocycles. The van der Waals surface area contributed by atoms with Gasteiger partial charge in [-0.15, -0.1) is 0 Å². The van der Waals surface area contributed by atoms with Gasteiger partial charge in [0.05, 0.1) is 11.5 Å². The van der Waals surface area contributed by atoms with Gasteiger partial charge in [-0.05, 0) is 37.5 Å². The van der Waals surface area contributed by atoms with Crippen molar-refractivity contribution >= 4 is 9.84 Å². The topological polar surface area (TPSA) is 63.4 Å². The van der Waals surface area contributed by atoms with Crippen LogP contribution in [0.3, 0.4) is 0 Å². The Morgan fingerprint density at radius 3 is 2.10 bits per heavy atom. The fraction of sp³-hybridized carbons (Fsp3) is 0.600. The maximum Gasteiger partial charge on any atom is 0.152 e. The maximum atomic E-state index is 11.6. The molecule has 1 saturated heterocycles. The third kappa shape index (κ3) is 3.22. The fourth-order valence-electron chi connectivity index (χ4n) is 3.20. The molecule has 1 atom stereocenters. The minimum atomic E-state index is -2.85. The third-order valence-electron chi connectivity index (χ3n) is 4.11. The first-order chi connectivity index (χ1) is 9.34. The number of nitrogens with two attached hydrogens (primary N) is 1. The van der Waals surface area contributed by atoms with Gasteiger partial charge in [-0.3, -0.25) is 4.90 Å². The molecular formula is C15H24N2O2S. The first-order valence-corrected chi connectivity index (χ1v) is 8.88. The second-order valence-corrected chi connectivity index (χ2v) is 8.06. The van der Waals surface area contributed by atoms with Crippen molar-refractivity contribution in [2.75, 3.05) is 31.1 Å². The van der Waals surface area contributed by atoms with Crippen molar-refractivity contribution < 1.29 is 8.42 Å². The molecule has 1 unspecified atom stereocenters. The van der Waals surface area contributed by atoms with Crippen LogP contribution >= 0.6 is 0 Å². The number of hydrogen-bond acceptors (Lipinski definition) is 4. The highest BCUT2D eigenvalue weighted by atomic mass is 32.2. The van der Waals surface area contributed by atoms with Gasteiger partial charge in [-0.1, -0.05) is 17.7 Å². The van der Waals surface area contributed by atoms with Gasteiger partial charge in [0.15, 0.2) is 9.84 Å². The van der Waals surface area contributed by atoms with Gasteiger partial charge in [0.25, 0.3) is 0 Å². The first-order valence-electron chi connectivity index (χ1n) is 7.06. The number of sulfone groups is 1. The summed E-state index contributed by atoms with van der Waals surface area (Å²) in [6.07, 6.45) is 0. The van der Waals surface area contributed by atoms with Gasteiger partial charge in [0, 0.05) is 25.7 Å². The standard InChI is InChI=1S/C15H24N2O2S/c1-11-8-12(2)15(13(3)9-11)14(10-16)17-4-6-20(18,19)7-5-17/h8-9,14H,4-7,10,16H2,1-3H3. The van der Waals surface area contributed by atoms with Crippen LogP contribution < -0.4 is 5.73 Å². The molecule has 0 aliphatic carbocycles. The van der Waals surface area contributed by atoms with Crippen molar-refractivity contribution in [3.63, 3.8) is 0 Å². The van der Waals surface area contributed by atoms with E-state index in [1.54, 1.807) is 0 Å². The zero-order valence-corrected chi connectivity index (χ0v) is 13.3. The molecular weight excluding hydrogens is 272 g/mol. The van der Waals surface area contributed by atoms with Crippen LogP contribution in [-0.4, -0.2) is 44.5 Å². The second kappa shape index (κ2) is 5.84. The minimum Gasteiger partial charge on any atom is -0.329 e. The van der Waals surface area contributed by atoms with E-state index in [1.807, 2.05) is 0 Å². The smallest absolute Gasteiger partial charge is 0.152 e. The number of hydrogen-bond donors (Lipinski definition) is 1. The molecule has 4 nitrogen and oxygen atoms in total.